The van der Waals surface area contributed by atoms with Gasteiger partial charge in [0.1, 0.15) is 12.4 Å². The van der Waals surface area contributed by atoms with Gasteiger partial charge in [0.15, 0.2) is 0 Å². The zero-order valence-corrected chi connectivity index (χ0v) is 11.3. The first-order valence-electron chi connectivity index (χ1n) is 7.15. The second-order valence-corrected chi connectivity index (χ2v) is 5.27. The maximum atomic E-state index is 6.08. The maximum absolute atomic E-state index is 6.08. The standard InChI is InChI=1S/C15H22N2O2/c16-14-5-4-13-12(14)2-1-3-15(13)19-11-8-17-6-9-18-10-7-17/h1-3,14H,4-11,16H2. The van der Waals surface area contributed by atoms with Gasteiger partial charge in [-0.3, -0.25) is 4.90 Å². The minimum absolute atomic E-state index is 0.192. The number of nitrogens with zero attached hydrogens (tertiary/aromatic N) is 1. The fraction of sp³-hybridized carbons (Fsp3) is 0.600. The predicted octanol–water partition coefficient (Wildman–Crippen LogP) is 1.34. The second kappa shape index (κ2) is 5.90. The number of hydrogen-bond acceptors (Lipinski definition) is 4. The molecule has 1 heterocycles. The van der Waals surface area contributed by atoms with Crippen molar-refractivity contribution in [1.82, 2.24) is 4.90 Å². The van der Waals surface area contributed by atoms with Gasteiger partial charge in [-0.1, -0.05) is 12.1 Å². The van der Waals surface area contributed by atoms with Gasteiger partial charge in [-0.2, -0.15) is 0 Å². The summed E-state index contributed by atoms with van der Waals surface area (Å²) in [5.74, 6) is 1.03. The first kappa shape index (κ1) is 12.9. The Hall–Kier alpha value is -1.10. The van der Waals surface area contributed by atoms with E-state index >= 15 is 0 Å². The molecule has 19 heavy (non-hydrogen) atoms. The lowest BCUT2D eigenvalue weighted by molar-refractivity contribution is 0.0322. The molecule has 4 nitrogen and oxygen atoms in total. The Morgan fingerprint density at radius 2 is 2.16 bits per heavy atom. The van der Waals surface area contributed by atoms with Gasteiger partial charge in [-0.15, -0.1) is 0 Å². The van der Waals surface area contributed by atoms with E-state index in [0.717, 1.165) is 58.0 Å². The molecule has 0 bridgehead atoms. The highest BCUT2D eigenvalue weighted by Crippen LogP contribution is 2.35. The number of morpholine rings is 1. The normalized spacial score (nSPS) is 23.3. The van der Waals surface area contributed by atoms with Crippen molar-refractivity contribution < 1.29 is 9.47 Å². The van der Waals surface area contributed by atoms with Gasteiger partial charge in [0.25, 0.3) is 0 Å². The van der Waals surface area contributed by atoms with Crippen LogP contribution in [-0.2, 0) is 11.2 Å². The fourth-order valence-electron chi connectivity index (χ4n) is 2.90. The van der Waals surface area contributed by atoms with Gasteiger partial charge in [-0.25, -0.2) is 0 Å². The Morgan fingerprint density at radius 3 is 3.00 bits per heavy atom. The molecule has 0 aromatic heterocycles. The summed E-state index contributed by atoms with van der Waals surface area (Å²) in [5.41, 5.74) is 8.67. The average molecular weight is 262 g/mol. The van der Waals surface area contributed by atoms with E-state index in [1.165, 1.54) is 11.1 Å². The molecule has 1 aromatic rings. The smallest absolute Gasteiger partial charge is 0.122 e. The molecular formula is C15H22N2O2. The Balaban J connectivity index is 1.55. The van der Waals surface area contributed by atoms with E-state index in [0.29, 0.717) is 0 Å². The van der Waals surface area contributed by atoms with Crippen LogP contribution in [0.3, 0.4) is 0 Å². The van der Waals surface area contributed by atoms with Crippen molar-refractivity contribution in [2.75, 3.05) is 39.5 Å². The Bertz CT molecular complexity index is 430. The number of benzene rings is 1. The molecule has 2 N–H and O–H groups in total. The van der Waals surface area contributed by atoms with Crippen LogP contribution in [0, 0.1) is 0 Å². The molecule has 0 saturated carbocycles. The first-order valence-corrected chi connectivity index (χ1v) is 7.15. The van der Waals surface area contributed by atoms with Crippen molar-refractivity contribution >= 4 is 0 Å². The van der Waals surface area contributed by atoms with Gasteiger partial charge < -0.3 is 15.2 Å². The van der Waals surface area contributed by atoms with Crippen molar-refractivity contribution in [3.05, 3.63) is 29.3 Å². The van der Waals surface area contributed by atoms with Gasteiger partial charge in [0, 0.05) is 25.7 Å². The van der Waals surface area contributed by atoms with Crippen molar-refractivity contribution in [3.63, 3.8) is 0 Å². The quantitative estimate of drug-likeness (QED) is 0.889. The van der Waals surface area contributed by atoms with Crippen molar-refractivity contribution in [3.8, 4) is 5.75 Å². The molecule has 1 fully saturated rings. The van der Waals surface area contributed by atoms with Crippen molar-refractivity contribution in [2.45, 2.75) is 18.9 Å². The Morgan fingerprint density at radius 1 is 1.32 bits per heavy atom. The summed E-state index contributed by atoms with van der Waals surface area (Å²) in [7, 11) is 0. The monoisotopic (exact) mass is 262 g/mol. The van der Waals surface area contributed by atoms with Crippen LogP contribution < -0.4 is 10.5 Å². The highest BCUT2D eigenvalue weighted by molar-refractivity contribution is 5.44. The van der Waals surface area contributed by atoms with E-state index in [4.69, 9.17) is 15.2 Å². The van der Waals surface area contributed by atoms with Crippen molar-refractivity contribution in [2.24, 2.45) is 5.73 Å². The molecule has 1 saturated heterocycles. The molecule has 4 heteroatoms. The minimum Gasteiger partial charge on any atom is -0.492 e. The summed E-state index contributed by atoms with van der Waals surface area (Å²) in [4.78, 5) is 2.39. The van der Waals surface area contributed by atoms with Crippen LogP contribution in [0.15, 0.2) is 18.2 Å². The molecular weight excluding hydrogens is 240 g/mol. The van der Waals surface area contributed by atoms with E-state index in [-0.39, 0.29) is 6.04 Å². The summed E-state index contributed by atoms with van der Waals surface area (Å²) in [5, 5.41) is 0. The van der Waals surface area contributed by atoms with Gasteiger partial charge >= 0.3 is 0 Å². The molecule has 1 aliphatic heterocycles. The molecule has 0 radical (unpaired) electrons. The van der Waals surface area contributed by atoms with Crippen LogP contribution in [0.5, 0.6) is 5.75 Å². The van der Waals surface area contributed by atoms with Gasteiger partial charge in [0.05, 0.1) is 13.2 Å². The summed E-state index contributed by atoms with van der Waals surface area (Å²) < 4.78 is 11.3. The number of hydrogen-bond donors (Lipinski definition) is 1. The third kappa shape index (κ3) is 2.91. The summed E-state index contributed by atoms with van der Waals surface area (Å²) in [6.07, 6.45) is 2.09. The highest BCUT2D eigenvalue weighted by Gasteiger charge is 2.22. The molecule has 1 aromatic carbocycles. The van der Waals surface area contributed by atoms with Crippen LogP contribution in [0.1, 0.15) is 23.6 Å². The maximum Gasteiger partial charge on any atom is 0.122 e. The van der Waals surface area contributed by atoms with E-state index in [1.807, 2.05) is 6.07 Å². The lowest BCUT2D eigenvalue weighted by Crippen LogP contribution is -2.38. The first-order chi connectivity index (χ1) is 9.34. The van der Waals surface area contributed by atoms with E-state index in [2.05, 4.69) is 17.0 Å². The molecule has 1 aliphatic carbocycles. The third-order valence-corrected chi connectivity index (χ3v) is 4.04. The molecule has 0 spiro atoms. The topological polar surface area (TPSA) is 47.7 Å². The zero-order chi connectivity index (χ0) is 13.1. The fourth-order valence-corrected chi connectivity index (χ4v) is 2.90. The van der Waals surface area contributed by atoms with Crippen LogP contribution in [0.25, 0.3) is 0 Å². The number of rotatable bonds is 4. The van der Waals surface area contributed by atoms with E-state index in [9.17, 15) is 0 Å². The highest BCUT2D eigenvalue weighted by atomic mass is 16.5. The number of nitrogens with two attached hydrogens (primary N) is 1. The van der Waals surface area contributed by atoms with Crippen LogP contribution >= 0.6 is 0 Å². The van der Waals surface area contributed by atoms with E-state index < -0.39 is 0 Å². The molecule has 2 aliphatic rings. The Labute approximate surface area is 114 Å². The third-order valence-electron chi connectivity index (χ3n) is 4.04. The summed E-state index contributed by atoms with van der Waals surface area (Å²) >= 11 is 0. The molecule has 3 rings (SSSR count). The number of ether oxygens (including phenoxy) is 2. The predicted molar refractivity (Wildman–Crippen MR) is 74.4 cm³/mol. The summed E-state index contributed by atoms with van der Waals surface area (Å²) in [6.45, 7) is 5.43. The largest absolute Gasteiger partial charge is 0.492 e. The lowest BCUT2D eigenvalue weighted by atomic mass is 10.1. The van der Waals surface area contributed by atoms with Gasteiger partial charge in [0.2, 0.25) is 0 Å². The van der Waals surface area contributed by atoms with Crippen LogP contribution in [0.2, 0.25) is 0 Å². The van der Waals surface area contributed by atoms with Crippen LogP contribution in [-0.4, -0.2) is 44.4 Å². The lowest BCUT2D eigenvalue weighted by Gasteiger charge is -2.26. The minimum atomic E-state index is 0.192. The van der Waals surface area contributed by atoms with E-state index in [1.54, 1.807) is 0 Å². The SMILES string of the molecule is NC1CCc2c(OCCN3CCOCC3)cccc21. The van der Waals surface area contributed by atoms with Crippen LogP contribution in [0.4, 0.5) is 0 Å². The zero-order valence-electron chi connectivity index (χ0n) is 11.3. The second-order valence-electron chi connectivity index (χ2n) is 5.27. The summed E-state index contributed by atoms with van der Waals surface area (Å²) in [6, 6.07) is 6.43. The molecule has 1 atom stereocenters. The molecule has 1 unspecified atom stereocenters. The van der Waals surface area contributed by atoms with Crippen molar-refractivity contribution in [1.29, 1.82) is 0 Å². The molecule has 104 valence electrons. The van der Waals surface area contributed by atoms with Gasteiger partial charge in [-0.05, 0) is 30.0 Å². The Kier molecular flexibility index (Phi) is 4.01. The number of fused-ring (bicyclic) bond motifs is 1. The molecule has 0 amide bonds. The average Bonchev–Trinajstić information content (AvgIpc) is 2.83.